The number of Topliss-reactive ketones (excluding diaryl/α,β-unsaturated/α-hetero) is 1. The van der Waals surface area contributed by atoms with E-state index in [2.05, 4.69) is 0 Å². The van der Waals surface area contributed by atoms with E-state index in [9.17, 15) is 15.2 Å². The Balaban J connectivity index is 3.11. The molecule has 0 aromatic rings. The second-order valence-corrected chi connectivity index (χ2v) is 2.48. The fourth-order valence-electron chi connectivity index (χ4n) is 1.15. The van der Waals surface area contributed by atoms with Gasteiger partial charge in [-0.3, -0.25) is 4.79 Å². The van der Waals surface area contributed by atoms with Gasteiger partial charge in [-0.15, -0.1) is 0 Å². The minimum absolute atomic E-state index is 0.0295. The first-order valence-electron chi connectivity index (χ1n) is 3.84. The van der Waals surface area contributed by atoms with Crippen LogP contribution >= 0.6 is 0 Å². The van der Waals surface area contributed by atoms with Crippen molar-refractivity contribution in [2.24, 2.45) is 0 Å². The smallest absolute Gasteiger partial charge is 0.327 e. The molecule has 0 fully saturated rings. The van der Waals surface area contributed by atoms with Crippen LogP contribution in [0.1, 0.15) is 26.7 Å². The molecule has 0 saturated heterocycles. The molecule has 5 nitrogen and oxygen atoms in total. The Kier molecular flexibility index (Phi) is 2.12. The van der Waals surface area contributed by atoms with Gasteiger partial charge < -0.3 is 10.4 Å². The first-order chi connectivity index (χ1) is 5.63. The molecule has 5 heteroatoms. The summed E-state index contributed by atoms with van der Waals surface area (Å²) in [5.41, 5.74) is 0.0590. The van der Waals surface area contributed by atoms with Gasteiger partial charge in [-0.05, 0) is 0 Å². The summed E-state index contributed by atoms with van der Waals surface area (Å²) in [6.07, 6.45) is 0.592. The molecule has 0 aliphatic carbocycles. The summed E-state index contributed by atoms with van der Waals surface area (Å²) in [4.78, 5) is 11.5. The fourth-order valence-corrected chi connectivity index (χ4v) is 1.15. The topological polar surface area (TPSA) is 69.2 Å². The normalized spacial score (nSPS) is 18.0. The predicted molar refractivity (Wildman–Crippen MR) is 42.9 cm³/mol. The predicted octanol–water partition coefficient (Wildman–Crippen LogP) is 0.207. The SMILES string of the molecule is CCC1=[N+]([O-])[N+]([O-])=C(CC)C1=O. The van der Waals surface area contributed by atoms with E-state index in [0.717, 1.165) is 0 Å². The summed E-state index contributed by atoms with van der Waals surface area (Å²) < 4.78 is 0. The summed E-state index contributed by atoms with van der Waals surface area (Å²) in [5.74, 6) is -0.412. The highest BCUT2D eigenvalue weighted by Crippen LogP contribution is 2.03. The third-order valence-corrected chi connectivity index (χ3v) is 1.82. The molecule has 1 aliphatic rings. The molecule has 0 amide bonds. The minimum atomic E-state index is -0.412. The number of rotatable bonds is 2. The van der Waals surface area contributed by atoms with Crippen LogP contribution in [-0.2, 0) is 4.79 Å². The van der Waals surface area contributed by atoms with Crippen LogP contribution in [0.4, 0.5) is 0 Å². The molecule has 0 spiro atoms. The van der Waals surface area contributed by atoms with Gasteiger partial charge in [0.2, 0.25) is 0 Å². The van der Waals surface area contributed by atoms with E-state index in [1.165, 1.54) is 0 Å². The van der Waals surface area contributed by atoms with Crippen molar-refractivity contribution in [2.75, 3.05) is 0 Å². The molecule has 0 unspecified atom stereocenters. The maximum atomic E-state index is 11.2. The molecule has 0 aromatic heterocycles. The van der Waals surface area contributed by atoms with E-state index in [-0.39, 0.29) is 21.1 Å². The van der Waals surface area contributed by atoms with Crippen LogP contribution in [0.2, 0.25) is 0 Å². The molecule has 0 aromatic carbocycles. The van der Waals surface area contributed by atoms with Gasteiger partial charge in [-0.1, -0.05) is 13.8 Å². The Morgan fingerprint density at radius 1 is 1.08 bits per heavy atom. The highest BCUT2D eigenvalue weighted by atomic mass is 16.7. The number of nitrogens with zero attached hydrogens (tertiary/aromatic N) is 2. The summed E-state index contributed by atoms with van der Waals surface area (Å²) in [6.45, 7) is 3.34. The molecular weight excluding hydrogens is 160 g/mol. The molecule has 0 atom stereocenters. The van der Waals surface area contributed by atoms with Gasteiger partial charge in [0.05, 0.1) is 9.70 Å². The monoisotopic (exact) mass is 170 g/mol. The summed E-state index contributed by atoms with van der Waals surface area (Å²) >= 11 is 0. The van der Waals surface area contributed by atoms with Crippen LogP contribution in [-0.4, -0.2) is 26.9 Å². The lowest BCUT2D eigenvalue weighted by atomic mass is 10.1. The van der Waals surface area contributed by atoms with E-state index in [1.54, 1.807) is 13.8 Å². The van der Waals surface area contributed by atoms with Crippen molar-refractivity contribution >= 4 is 17.2 Å². The van der Waals surface area contributed by atoms with Gasteiger partial charge in [0.1, 0.15) is 0 Å². The third kappa shape index (κ3) is 0.975. The molecule has 1 aliphatic heterocycles. The molecule has 1 rings (SSSR count). The van der Waals surface area contributed by atoms with Crippen LogP contribution in [0.3, 0.4) is 0 Å². The lowest BCUT2D eigenvalue weighted by Crippen LogP contribution is -2.20. The highest BCUT2D eigenvalue weighted by molar-refractivity contribution is 6.65. The summed E-state index contributed by atoms with van der Waals surface area (Å²) in [6, 6.07) is 0. The maximum Gasteiger partial charge on any atom is 0.327 e. The van der Waals surface area contributed by atoms with Crippen molar-refractivity contribution in [3.63, 3.8) is 0 Å². The van der Waals surface area contributed by atoms with Crippen molar-refractivity contribution in [3.8, 4) is 0 Å². The molecule has 66 valence electrons. The second-order valence-electron chi connectivity index (χ2n) is 2.48. The highest BCUT2D eigenvalue weighted by Gasteiger charge is 2.41. The average Bonchev–Trinajstić information content (AvgIpc) is 2.25. The van der Waals surface area contributed by atoms with Gasteiger partial charge in [0.25, 0.3) is 0 Å². The zero-order valence-corrected chi connectivity index (χ0v) is 7.03. The van der Waals surface area contributed by atoms with Gasteiger partial charge in [0, 0.05) is 12.8 Å². The Morgan fingerprint density at radius 2 is 1.42 bits per heavy atom. The van der Waals surface area contributed by atoms with Crippen LogP contribution in [0.25, 0.3) is 0 Å². The molecule has 0 radical (unpaired) electrons. The van der Waals surface area contributed by atoms with Crippen LogP contribution in [0, 0.1) is 10.4 Å². The van der Waals surface area contributed by atoms with Crippen LogP contribution < -0.4 is 0 Å². The van der Waals surface area contributed by atoms with Gasteiger partial charge in [-0.25, -0.2) is 0 Å². The molecule has 1 heterocycles. The quantitative estimate of drug-likeness (QED) is 0.439. The third-order valence-electron chi connectivity index (χ3n) is 1.82. The molecule has 0 N–H and O–H groups in total. The largest absolute Gasteiger partial charge is 0.561 e. The van der Waals surface area contributed by atoms with Crippen LogP contribution in [0.15, 0.2) is 0 Å². The van der Waals surface area contributed by atoms with Gasteiger partial charge in [-0.2, -0.15) is 0 Å². The van der Waals surface area contributed by atoms with E-state index >= 15 is 0 Å². The van der Waals surface area contributed by atoms with Gasteiger partial charge >= 0.3 is 17.2 Å². The molecule has 12 heavy (non-hydrogen) atoms. The Hall–Kier alpha value is -1.39. The number of ketones is 1. The Morgan fingerprint density at radius 3 is 1.58 bits per heavy atom. The first-order valence-corrected chi connectivity index (χ1v) is 3.84. The number of carbonyl (C=O) groups is 1. The summed E-state index contributed by atoms with van der Waals surface area (Å²) in [5, 5.41) is 21.9. The van der Waals surface area contributed by atoms with Gasteiger partial charge in [0.15, 0.2) is 0 Å². The standard InChI is InChI=1S/C7H10N2O3/c1-3-5-7(10)6(4-2)9(12)8(5)11/h3-4H2,1-2H3. The number of hydrazone groups is 2. The number of hydrogen-bond donors (Lipinski definition) is 0. The Labute approximate surface area is 69.8 Å². The molecule has 0 bridgehead atoms. The van der Waals surface area contributed by atoms with E-state index in [1.807, 2.05) is 0 Å². The fraction of sp³-hybridized carbons (Fsp3) is 0.571. The number of hydrazine groups is 1. The first kappa shape index (κ1) is 8.70. The summed E-state index contributed by atoms with van der Waals surface area (Å²) in [7, 11) is 0. The number of hydrogen-bond acceptors (Lipinski definition) is 3. The lowest BCUT2D eigenvalue weighted by molar-refractivity contribution is -1.05. The molecular formula is C7H10N2O3. The average molecular weight is 170 g/mol. The van der Waals surface area contributed by atoms with Crippen LogP contribution in [0.5, 0.6) is 0 Å². The Bertz CT molecular complexity index is 263. The van der Waals surface area contributed by atoms with Crippen molar-refractivity contribution in [1.29, 1.82) is 0 Å². The van der Waals surface area contributed by atoms with Crippen molar-refractivity contribution in [1.82, 2.24) is 0 Å². The van der Waals surface area contributed by atoms with E-state index < -0.39 is 5.78 Å². The van der Waals surface area contributed by atoms with Crippen molar-refractivity contribution < 1.29 is 14.5 Å². The van der Waals surface area contributed by atoms with E-state index in [0.29, 0.717) is 12.8 Å². The minimum Gasteiger partial charge on any atom is -0.561 e. The lowest BCUT2D eigenvalue weighted by Gasteiger charge is -1.95. The second kappa shape index (κ2) is 2.92. The number of carbonyl (C=O) groups excluding carboxylic acids is 1. The molecule has 0 saturated carbocycles. The van der Waals surface area contributed by atoms with E-state index in [4.69, 9.17) is 0 Å². The zero-order chi connectivity index (χ0) is 9.30. The zero-order valence-electron chi connectivity index (χ0n) is 7.03. The maximum absolute atomic E-state index is 11.2. The van der Waals surface area contributed by atoms with Crippen molar-refractivity contribution in [3.05, 3.63) is 10.4 Å². The van der Waals surface area contributed by atoms with Crippen molar-refractivity contribution in [2.45, 2.75) is 26.7 Å².